The van der Waals surface area contributed by atoms with Crippen molar-refractivity contribution < 1.29 is 14.3 Å². The fraction of sp³-hybridized carbons (Fsp3) is 0.923. The maximum absolute atomic E-state index is 12.1. The molecule has 100 valence electrons. The first-order valence-corrected chi connectivity index (χ1v) is 6.60. The predicted octanol–water partition coefficient (Wildman–Crippen LogP) is 1.73. The van der Waals surface area contributed by atoms with Gasteiger partial charge in [-0.3, -0.25) is 4.79 Å². The van der Waals surface area contributed by atoms with Crippen LogP contribution in [-0.2, 0) is 14.3 Å². The molecule has 1 heterocycles. The van der Waals surface area contributed by atoms with E-state index in [1.165, 1.54) is 0 Å². The molecular formula is C13H25NO3. The molecule has 0 amide bonds. The zero-order valence-electron chi connectivity index (χ0n) is 11.3. The molecule has 0 radical (unpaired) electrons. The van der Waals surface area contributed by atoms with Crippen molar-refractivity contribution in [1.82, 2.24) is 5.32 Å². The Morgan fingerprint density at radius 3 is 2.47 bits per heavy atom. The summed E-state index contributed by atoms with van der Waals surface area (Å²) in [7, 11) is 0. The molecule has 0 unspecified atom stereocenters. The summed E-state index contributed by atoms with van der Waals surface area (Å²) < 4.78 is 10.7. The molecule has 17 heavy (non-hydrogen) atoms. The van der Waals surface area contributed by atoms with Crippen LogP contribution in [0.4, 0.5) is 0 Å². The molecule has 1 saturated heterocycles. The molecule has 0 bridgehead atoms. The maximum atomic E-state index is 12.1. The second-order valence-corrected chi connectivity index (χ2v) is 4.94. The number of nitrogens with one attached hydrogen (secondary N) is 1. The molecule has 1 rings (SSSR count). The van der Waals surface area contributed by atoms with Gasteiger partial charge < -0.3 is 14.8 Å². The van der Waals surface area contributed by atoms with E-state index in [-0.39, 0.29) is 17.5 Å². The second-order valence-electron chi connectivity index (χ2n) is 4.94. The van der Waals surface area contributed by atoms with Gasteiger partial charge in [0.15, 0.2) is 0 Å². The second kappa shape index (κ2) is 6.97. The third-order valence-corrected chi connectivity index (χ3v) is 3.44. The molecule has 0 aliphatic carbocycles. The van der Waals surface area contributed by atoms with E-state index in [4.69, 9.17) is 9.47 Å². The van der Waals surface area contributed by atoms with Crippen molar-refractivity contribution in [2.24, 2.45) is 5.41 Å². The minimum Gasteiger partial charge on any atom is -0.463 e. The van der Waals surface area contributed by atoms with E-state index in [0.29, 0.717) is 13.2 Å². The predicted molar refractivity (Wildman–Crippen MR) is 66.9 cm³/mol. The van der Waals surface area contributed by atoms with Crippen molar-refractivity contribution in [3.05, 3.63) is 0 Å². The van der Waals surface area contributed by atoms with Gasteiger partial charge >= 0.3 is 5.97 Å². The first kappa shape index (κ1) is 14.5. The fourth-order valence-electron chi connectivity index (χ4n) is 2.18. The quantitative estimate of drug-likeness (QED) is 0.570. The first-order chi connectivity index (χ1) is 8.10. The molecule has 1 aliphatic heterocycles. The Kier molecular flexibility index (Phi) is 5.92. The molecule has 0 saturated carbocycles. The molecule has 4 heteroatoms. The highest BCUT2D eigenvalue weighted by atomic mass is 16.6. The molecule has 4 nitrogen and oxygen atoms in total. The number of esters is 1. The lowest BCUT2D eigenvalue weighted by Crippen LogP contribution is -2.43. The number of ether oxygens (including phenoxy) is 2. The van der Waals surface area contributed by atoms with Gasteiger partial charge in [0.1, 0.15) is 6.61 Å². The number of carbonyl (C=O) groups is 1. The number of hydrogen-bond donors (Lipinski definition) is 1. The lowest BCUT2D eigenvalue weighted by molar-refractivity contribution is -0.160. The van der Waals surface area contributed by atoms with Crippen LogP contribution >= 0.6 is 0 Å². The van der Waals surface area contributed by atoms with Crippen LogP contribution in [0.5, 0.6) is 0 Å². The zero-order chi connectivity index (χ0) is 12.7. The van der Waals surface area contributed by atoms with E-state index in [2.05, 4.69) is 12.2 Å². The molecule has 0 atom stereocenters. The van der Waals surface area contributed by atoms with Crippen LogP contribution in [-0.4, -0.2) is 38.4 Å². The van der Waals surface area contributed by atoms with Crippen molar-refractivity contribution in [2.45, 2.75) is 46.1 Å². The van der Waals surface area contributed by atoms with Gasteiger partial charge in [-0.15, -0.1) is 0 Å². The summed E-state index contributed by atoms with van der Waals surface area (Å²) in [5, 5.41) is 3.28. The Hall–Kier alpha value is -0.610. The lowest BCUT2D eigenvalue weighted by Gasteiger charge is -2.34. The monoisotopic (exact) mass is 243 g/mol. The Labute approximate surface area is 104 Å². The maximum Gasteiger partial charge on any atom is 0.312 e. The van der Waals surface area contributed by atoms with Crippen LogP contribution < -0.4 is 5.32 Å². The van der Waals surface area contributed by atoms with E-state index in [9.17, 15) is 4.79 Å². The fourth-order valence-corrected chi connectivity index (χ4v) is 2.18. The average molecular weight is 243 g/mol. The molecule has 1 N–H and O–H groups in total. The van der Waals surface area contributed by atoms with Gasteiger partial charge in [-0.05, 0) is 46.2 Å². The number of rotatable bonds is 6. The van der Waals surface area contributed by atoms with Crippen molar-refractivity contribution in [3.8, 4) is 0 Å². The van der Waals surface area contributed by atoms with Crippen LogP contribution in [0.15, 0.2) is 0 Å². The Morgan fingerprint density at radius 1 is 1.29 bits per heavy atom. The van der Waals surface area contributed by atoms with Gasteiger partial charge in [0, 0.05) is 0 Å². The van der Waals surface area contributed by atoms with Crippen molar-refractivity contribution in [1.29, 1.82) is 0 Å². The molecule has 1 aliphatic rings. The zero-order valence-corrected chi connectivity index (χ0v) is 11.3. The summed E-state index contributed by atoms with van der Waals surface area (Å²) >= 11 is 0. The Bertz CT molecular complexity index is 235. The van der Waals surface area contributed by atoms with E-state index in [1.807, 2.05) is 13.8 Å². The Balaban J connectivity index is 2.33. The van der Waals surface area contributed by atoms with Gasteiger partial charge in [0.05, 0.1) is 18.1 Å². The first-order valence-electron chi connectivity index (χ1n) is 6.60. The molecule has 0 aromatic carbocycles. The van der Waals surface area contributed by atoms with Gasteiger partial charge in [-0.1, -0.05) is 6.92 Å². The summed E-state index contributed by atoms with van der Waals surface area (Å²) in [6, 6.07) is 0. The van der Waals surface area contributed by atoms with Gasteiger partial charge in [0.25, 0.3) is 0 Å². The van der Waals surface area contributed by atoms with E-state index >= 15 is 0 Å². The van der Waals surface area contributed by atoms with E-state index in [1.54, 1.807) is 0 Å². The third-order valence-electron chi connectivity index (χ3n) is 3.44. The largest absolute Gasteiger partial charge is 0.463 e. The van der Waals surface area contributed by atoms with Gasteiger partial charge in [-0.2, -0.15) is 0 Å². The van der Waals surface area contributed by atoms with Crippen LogP contribution in [0, 0.1) is 5.41 Å². The van der Waals surface area contributed by atoms with Crippen LogP contribution in [0.3, 0.4) is 0 Å². The molecule has 1 fully saturated rings. The topological polar surface area (TPSA) is 47.6 Å². The Morgan fingerprint density at radius 2 is 1.94 bits per heavy atom. The van der Waals surface area contributed by atoms with Gasteiger partial charge in [-0.25, -0.2) is 0 Å². The molecule has 0 spiro atoms. The van der Waals surface area contributed by atoms with Crippen molar-refractivity contribution >= 4 is 5.97 Å². The van der Waals surface area contributed by atoms with E-state index < -0.39 is 0 Å². The number of carbonyl (C=O) groups excluding carboxylic acids is 1. The van der Waals surface area contributed by atoms with Crippen LogP contribution in [0.25, 0.3) is 0 Å². The normalized spacial score (nSPS) is 19.3. The van der Waals surface area contributed by atoms with E-state index in [0.717, 1.165) is 32.4 Å². The summed E-state index contributed by atoms with van der Waals surface area (Å²) in [4.78, 5) is 12.1. The summed E-state index contributed by atoms with van der Waals surface area (Å²) in [5.74, 6) is -0.0474. The molecule has 0 aromatic rings. The van der Waals surface area contributed by atoms with Crippen molar-refractivity contribution in [2.75, 3.05) is 26.3 Å². The summed E-state index contributed by atoms with van der Waals surface area (Å²) in [6.07, 6.45) is 2.81. The highest BCUT2D eigenvalue weighted by molar-refractivity contribution is 5.77. The standard InChI is InChI=1S/C13H25NO3/c1-4-13(5-7-14-8-6-13)12(15)17-10-9-16-11(2)3/h11,14H,4-10H2,1-3H3. The summed E-state index contributed by atoms with van der Waals surface area (Å²) in [5.41, 5.74) is -0.261. The van der Waals surface area contributed by atoms with Gasteiger partial charge in [0.2, 0.25) is 0 Å². The highest BCUT2D eigenvalue weighted by Gasteiger charge is 2.39. The third kappa shape index (κ3) is 4.28. The number of hydrogen-bond acceptors (Lipinski definition) is 4. The van der Waals surface area contributed by atoms with Crippen LogP contribution in [0.2, 0.25) is 0 Å². The minimum atomic E-state index is -0.261. The average Bonchev–Trinajstić information content (AvgIpc) is 2.35. The highest BCUT2D eigenvalue weighted by Crippen LogP contribution is 2.33. The lowest BCUT2D eigenvalue weighted by atomic mass is 9.77. The summed E-state index contributed by atoms with van der Waals surface area (Å²) in [6.45, 7) is 8.69. The minimum absolute atomic E-state index is 0.0474. The smallest absolute Gasteiger partial charge is 0.312 e. The number of piperidine rings is 1. The van der Waals surface area contributed by atoms with Crippen LogP contribution in [0.1, 0.15) is 40.0 Å². The molecule has 0 aromatic heterocycles. The SMILES string of the molecule is CCC1(C(=O)OCCOC(C)C)CCNCC1. The molecular weight excluding hydrogens is 218 g/mol. The van der Waals surface area contributed by atoms with Crippen molar-refractivity contribution in [3.63, 3.8) is 0 Å².